The Morgan fingerprint density at radius 1 is 1.08 bits per heavy atom. The number of amides is 2. The molecule has 2 aromatic rings. The van der Waals surface area contributed by atoms with E-state index in [1.165, 1.54) is 42.5 Å². The van der Waals surface area contributed by atoms with E-state index in [1.54, 1.807) is 6.07 Å². The van der Waals surface area contributed by atoms with E-state index in [1.807, 2.05) is 0 Å². The Balaban J connectivity index is 1.99. The molecule has 9 heteroatoms. The molecular formula is C16H9Cl2N3O4. The number of rotatable bonds is 3. The van der Waals surface area contributed by atoms with Crippen molar-refractivity contribution in [3.05, 3.63) is 73.8 Å². The molecule has 0 aliphatic carbocycles. The van der Waals surface area contributed by atoms with E-state index in [0.717, 1.165) is 5.01 Å². The molecule has 0 aromatic heterocycles. The van der Waals surface area contributed by atoms with Crippen LogP contribution in [0.4, 0.5) is 11.4 Å². The molecule has 2 amide bonds. The molecule has 0 spiro atoms. The number of nitro benzene ring substituents is 1. The van der Waals surface area contributed by atoms with Gasteiger partial charge in [-0.15, -0.1) is 0 Å². The van der Waals surface area contributed by atoms with Crippen molar-refractivity contribution >= 4 is 52.5 Å². The summed E-state index contributed by atoms with van der Waals surface area (Å²) in [5, 5.41) is 12.6. The van der Waals surface area contributed by atoms with Crippen molar-refractivity contribution in [1.29, 1.82) is 0 Å². The highest BCUT2D eigenvalue weighted by atomic mass is 35.5. The summed E-state index contributed by atoms with van der Waals surface area (Å²) in [5.74, 6) is -1.32. The monoisotopic (exact) mass is 377 g/mol. The lowest BCUT2D eigenvalue weighted by Gasteiger charge is -2.15. The highest BCUT2D eigenvalue weighted by Gasteiger charge is 2.35. The summed E-state index contributed by atoms with van der Waals surface area (Å²) >= 11 is 11.8. The first-order valence-electron chi connectivity index (χ1n) is 6.94. The summed E-state index contributed by atoms with van der Waals surface area (Å²) in [6, 6.07) is 10.2. The molecule has 1 fully saturated rings. The van der Waals surface area contributed by atoms with Crippen molar-refractivity contribution in [3.63, 3.8) is 0 Å². The molecule has 25 heavy (non-hydrogen) atoms. The van der Waals surface area contributed by atoms with Gasteiger partial charge in [0.1, 0.15) is 5.57 Å². The van der Waals surface area contributed by atoms with Gasteiger partial charge in [0, 0.05) is 6.07 Å². The normalized spacial score (nSPS) is 15.6. The molecule has 0 radical (unpaired) electrons. The van der Waals surface area contributed by atoms with Gasteiger partial charge in [-0.3, -0.25) is 25.1 Å². The lowest BCUT2D eigenvalue weighted by atomic mass is 10.1. The number of benzene rings is 2. The van der Waals surface area contributed by atoms with Crippen LogP contribution in [0, 0.1) is 10.1 Å². The second kappa shape index (κ2) is 6.54. The smallest absolute Gasteiger partial charge is 0.267 e. The van der Waals surface area contributed by atoms with Crippen molar-refractivity contribution in [2.24, 2.45) is 0 Å². The maximum atomic E-state index is 12.5. The van der Waals surface area contributed by atoms with Crippen LogP contribution in [0.25, 0.3) is 6.08 Å². The molecule has 1 saturated heterocycles. The van der Waals surface area contributed by atoms with Crippen molar-refractivity contribution in [1.82, 2.24) is 5.43 Å². The fourth-order valence-electron chi connectivity index (χ4n) is 2.29. The van der Waals surface area contributed by atoms with E-state index in [4.69, 9.17) is 23.2 Å². The molecule has 1 aliphatic heterocycles. The maximum Gasteiger partial charge on any atom is 0.282 e. The van der Waals surface area contributed by atoms with Crippen LogP contribution in [0.2, 0.25) is 10.0 Å². The number of nitrogens with zero attached hydrogens (tertiary/aromatic N) is 2. The van der Waals surface area contributed by atoms with E-state index >= 15 is 0 Å². The first-order chi connectivity index (χ1) is 11.9. The number of hydrogen-bond donors (Lipinski definition) is 1. The number of halogens is 2. The van der Waals surface area contributed by atoms with Crippen LogP contribution >= 0.6 is 23.2 Å². The molecule has 1 N–H and O–H groups in total. The highest BCUT2D eigenvalue weighted by Crippen LogP contribution is 2.29. The third-order valence-corrected chi connectivity index (χ3v) is 4.23. The van der Waals surface area contributed by atoms with Crippen LogP contribution in [0.3, 0.4) is 0 Å². The third kappa shape index (κ3) is 3.19. The highest BCUT2D eigenvalue weighted by molar-refractivity contribution is 6.42. The van der Waals surface area contributed by atoms with Gasteiger partial charge < -0.3 is 0 Å². The SMILES string of the molecule is O=C1NN(c2ccc(Cl)c(Cl)c2)C(=O)/C1=C/c1ccccc1[N+](=O)[O-]. The molecule has 0 saturated carbocycles. The van der Waals surface area contributed by atoms with E-state index in [0.29, 0.717) is 10.7 Å². The topological polar surface area (TPSA) is 92.6 Å². The third-order valence-electron chi connectivity index (χ3n) is 3.49. The number of carbonyl (C=O) groups is 2. The van der Waals surface area contributed by atoms with Crippen molar-refractivity contribution in [2.45, 2.75) is 0 Å². The van der Waals surface area contributed by atoms with Gasteiger partial charge in [-0.1, -0.05) is 35.3 Å². The Morgan fingerprint density at radius 3 is 2.48 bits per heavy atom. The first-order valence-corrected chi connectivity index (χ1v) is 7.69. The van der Waals surface area contributed by atoms with Gasteiger partial charge in [0.2, 0.25) is 0 Å². The molecule has 0 atom stereocenters. The zero-order valence-electron chi connectivity index (χ0n) is 12.4. The number of para-hydroxylation sites is 1. The second-order valence-corrected chi connectivity index (χ2v) is 5.87. The minimum atomic E-state index is -0.672. The summed E-state index contributed by atoms with van der Waals surface area (Å²) in [6.07, 6.45) is 1.19. The molecule has 0 unspecified atom stereocenters. The fraction of sp³-hybridized carbons (Fsp3) is 0. The van der Waals surface area contributed by atoms with Gasteiger partial charge in [-0.2, -0.15) is 0 Å². The lowest BCUT2D eigenvalue weighted by molar-refractivity contribution is -0.385. The Morgan fingerprint density at radius 2 is 1.80 bits per heavy atom. The van der Waals surface area contributed by atoms with Gasteiger partial charge in [-0.05, 0) is 30.3 Å². The van der Waals surface area contributed by atoms with Gasteiger partial charge in [0.05, 0.1) is 26.2 Å². The summed E-state index contributed by atoms with van der Waals surface area (Å²) < 4.78 is 0. The Kier molecular flexibility index (Phi) is 4.43. The zero-order chi connectivity index (χ0) is 18.1. The molecule has 0 bridgehead atoms. The molecular weight excluding hydrogens is 369 g/mol. The van der Waals surface area contributed by atoms with E-state index < -0.39 is 16.7 Å². The number of carbonyl (C=O) groups excluding carboxylic acids is 2. The largest absolute Gasteiger partial charge is 0.282 e. The second-order valence-electron chi connectivity index (χ2n) is 5.05. The minimum Gasteiger partial charge on any atom is -0.267 e. The van der Waals surface area contributed by atoms with E-state index in [9.17, 15) is 19.7 Å². The van der Waals surface area contributed by atoms with Crippen molar-refractivity contribution in [2.75, 3.05) is 5.01 Å². The standard InChI is InChI=1S/C16H9Cl2N3O4/c17-12-6-5-10(8-13(12)18)20-16(23)11(15(22)19-20)7-9-3-1-2-4-14(9)21(24)25/h1-8H,(H,19,22)/b11-7+. The van der Waals surface area contributed by atoms with Crippen LogP contribution < -0.4 is 10.4 Å². The lowest BCUT2D eigenvalue weighted by Crippen LogP contribution is -2.35. The summed E-state index contributed by atoms with van der Waals surface area (Å²) in [4.78, 5) is 35.1. The summed E-state index contributed by atoms with van der Waals surface area (Å²) in [7, 11) is 0. The van der Waals surface area contributed by atoms with E-state index in [-0.39, 0.29) is 21.8 Å². The average molecular weight is 378 g/mol. The number of anilines is 1. The Hall–Kier alpha value is -2.90. The molecule has 3 rings (SSSR count). The number of hydrazine groups is 1. The molecule has 1 heterocycles. The van der Waals surface area contributed by atoms with Crippen LogP contribution in [0.1, 0.15) is 5.56 Å². The minimum absolute atomic E-state index is 0.155. The van der Waals surface area contributed by atoms with Gasteiger partial charge in [0.25, 0.3) is 17.5 Å². The van der Waals surface area contributed by atoms with Crippen molar-refractivity contribution < 1.29 is 14.5 Å². The van der Waals surface area contributed by atoms with E-state index in [2.05, 4.69) is 5.43 Å². The van der Waals surface area contributed by atoms with Crippen LogP contribution in [0.5, 0.6) is 0 Å². The van der Waals surface area contributed by atoms with Crippen LogP contribution in [0.15, 0.2) is 48.0 Å². The molecule has 2 aromatic carbocycles. The number of nitrogens with one attached hydrogen (secondary N) is 1. The van der Waals surface area contributed by atoms with Crippen molar-refractivity contribution in [3.8, 4) is 0 Å². The summed E-state index contributed by atoms with van der Waals surface area (Å²) in [5.41, 5.74) is 2.44. The predicted octanol–water partition coefficient (Wildman–Crippen LogP) is 3.36. The van der Waals surface area contributed by atoms with Crippen LogP contribution in [-0.2, 0) is 9.59 Å². The number of nitro groups is 1. The Bertz CT molecular complexity index is 943. The quantitative estimate of drug-likeness (QED) is 0.384. The van der Waals surface area contributed by atoms with Gasteiger partial charge >= 0.3 is 0 Å². The first kappa shape index (κ1) is 16.9. The number of hydrogen-bond acceptors (Lipinski definition) is 4. The molecule has 7 nitrogen and oxygen atoms in total. The van der Waals surface area contributed by atoms with Gasteiger partial charge in [-0.25, -0.2) is 5.01 Å². The van der Waals surface area contributed by atoms with Gasteiger partial charge in [0.15, 0.2) is 0 Å². The summed E-state index contributed by atoms with van der Waals surface area (Å²) in [6.45, 7) is 0. The average Bonchev–Trinajstić information content (AvgIpc) is 2.86. The fourth-order valence-corrected chi connectivity index (χ4v) is 2.59. The molecule has 126 valence electrons. The predicted molar refractivity (Wildman–Crippen MR) is 93.2 cm³/mol. The zero-order valence-corrected chi connectivity index (χ0v) is 13.9. The van der Waals surface area contributed by atoms with Crippen LogP contribution in [-0.4, -0.2) is 16.7 Å². The maximum absolute atomic E-state index is 12.5. The Labute approximate surface area is 151 Å². The molecule has 1 aliphatic rings.